The number of hydrogen-bond donors (Lipinski definition) is 0. The lowest BCUT2D eigenvalue weighted by molar-refractivity contribution is -0.152. The number of Topliss-reactive ketones (excluding diaryl/α,β-unsaturated/α-hetero) is 1. The Morgan fingerprint density at radius 2 is 1.47 bits per heavy atom. The van der Waals surface area contributed by atoms with Crippen molar-refractivity contribution in [1.82, 2.24) is 0 Å². The molecule has 0 aromatic heterocycles. The number of rotatable bonds is 5. The summed E-state index contributed by atoms with van der Waals surface area (Å²) in [7, 11) is -3.94. The Morgan fingerprint density at radius 1 is 0.837 bits per heavy atom. The smallest absolute Gasteiger partial charge is 0.306 e. The van der Waals surface area contributed by atoms with Crippen LogP contribution in [-0.4, -0.2) is 46.7 Å². The number of carbonyl (C=O) groups excluding carboxylic acids is 2. The highest BCUT2D eigenvalue weighted by Gasteiger charge is 2.55. The predicted molar refractivity (Wildman–Crippen MR) is 181 cm³/mol. The lowest BCUT2D eigenvalue weighted by Gasteiger charge is -2.41. The van der Waals surface area contributed by atoms with E-state index in [4.69, 9.17) is 13.6 Å². The fraction of sp³-hybridized carbons (Fsp3) is 0.889. The van der Waals surface area contributed by atoms with Crippen molar-refractivity contribution < 1.29 is 23.2 Å². The molecule has 1 saturated heterocycles. The van der Waals surface area contributed by atoms with Crippen LogP contribution >= 0.6 is 0 Å². The molecule has 1 aliphatic heterocycles. The molecule has 0 spiro atoms. The topological polar surface area (TPSA) is 61.8 Å². The molecule has 3 aliphatic carbocycles. The van der Waals surface area contributed by atoms with E-state index in [2.05, 4.69) is 93.7 Å². The number of allylic oxidation sites excluding steroid dienone is 2. The average Bonchev–Trinajstić information content (AvgIpc) is 3.45. The number of ketones is 1. The maximum atomic E-state index is 14.6. The second-order valence-corrected chi connectivity index (χ2v) is 27.2. The minimum Gasteiger partial charge on any atom is -0.462 e. The number of cyclic esters (lactones) is 1. The lowest BCUT2D eigenvalue weighted by Crippen LogP contribution is -2.47. The molecule has 0 aromatic carbocycles. The van der Waals surface area contributed by atoms with E-state index in [1.807, 2.05) is 0 Å². The standard InChI is InChI=1S/C36H64O5Si2/c1-13-25-15-14-16-32(41-43(11,12)36(6,7)8)23(2)34(38)31-21-29-27(30(31)22-33(37)39-25)18-17-24-19-26(20-28(24)29)40-42(9,10)35(3,4)5/h17-18,23-32H,13-16,19-22H2,1-12H3/t23-,24-,25+,26-,27-,28-,29-,30+,31-,32+/m1/s1. The summed E-state index contributed by atoms with van der Waals surface area (Å²) >= 11 is 0. The van der Waals surface area contributed by atoms with Crippen LogP contribution in [0.4, 0.5) is 0 Å². The van der Waals surface area contributed by atoms with E-state index < -0.39 is 16.6 Å². The lowest BCUT2D eigenvalue weighted by atomic mass is 9.71. The summed E-state index contributed by atoms with van der Waals surface area (Å²) in [4.78, 5) is 27.9. The maximum Gasteiger partial charge on any atom is 0.306 e. The van der Waals surface area contributed by atoms with Crippen LogP contribution in [-0.2, 0) is 23.2 Å². The van der Waals surface area contributed by atoms with Gasteiger partial charge in [0.05, 0.1) is 6.10 Å². The Bertz CT molecular complexity index is 1040. The third-order valence-electron chi connectivity index (χ3n) is 12.8. The van der Waals surface area contributed by atoms with Crippen molar-refractivity contribution >= 4 is 28.4 Å². The van der Waals surface area contributed by atoms with Crippen LogP contribution in [0, 0.1) is 41.4 Å². The normalized spacial score (nSPS) is 38.0. The van der Waals surface area contributed by atoms with Crippen LogP contribution in [0.25, 0.3) is 0 Å². The van der Waals surface area contributed by atoms with Crippen molar-refractivity contribution in [2.75, 3.05) is 0 Å². The zero-order valence-corrected chi connectivity index (χ0v) is 31.6. The molecule has 5 nitrogen and oxygen atoms in total. The number of hydrogen-bond acceptors (Lipinski definition) is 5. The van der Waals surface area contributed by atoms with Crippen LogP contribution in [0.15, 0.2) is 12.2 Å². The molecule has 43 heavy (non-hydrogen) atoms. The largest absolute Gasteiger partial charge is 0.462 e. The van der Waals surface area contributed by atoms with E-state index in [-0.39, 0.29) is 58.0 Å². The molecule has 7 heteroatoms. The molecular formula is C36H64O5Si2. The molecule has 0 unspecified atom stereocenters. The van der Waals surface area contributed by atoms with E-state index in [0.29, 0.717) is 30.0 Å². The Balaban J connectivity index is 1.61. The first-order chi connectivity index (χ1) is 19.8. The van der Waals surface area contributed by atoms with Crippen molar-refractivity contribution in [3.8, 4) is 0 Å². The summed E-state index contributed by atoms with van der Waals surface area (Å²) in [6.07, 6.45) is 11.8. The van der Waals surface area contributed by atoms with Gasteiger partial charge in [-0.15, -0.1) is 0 Å². The van der Waals surface area contributed by atoms with Gasteiger partial charge in [0.25, 0.3) is 0 Å². The molecule has 0 N–H and O–H groups in total. The third kappa shape index (κ3) is 7.46. The van der Waals surface area contributed by atoms with E-state index in [1.165, 1.54) is 0 Å². The highest BCUT2D eigenvalue weighted by Crippen LogP contribution is 2.57. The first kappa shape index (κ1) is 35.1. The van der Waals surface area contributed by atoms with E-state index in [0.717, 1.165) is 44.9 Å². The average molecular weight is 633 g/mol. The molecule has 0 amide bonds. The van der Waals surface area contributed by atoms with E-state index in [1.54, 1.807) is 0 Å². The fourth-order valence-corrected chi connectivity index (χ4v) is 10.9. The van der Waals surface area contributed by atoms with Gasteiger partial charge in [-0.2, -0.15) is 0 Å². The Labute approximate surface area is 265 Å². The van der Waals surface area contributed by atoms with Gasteiger partial charge in [-0.05, 0) is 111 Å². The third-order valence-corrected chi connectivity index (χ3v) is 21.9. The van der Waals surface area contributed by atoms with E-state index in [9.17, 15) is 9.59 Å². The molecule has 4 rings (SSSR count). The summed E-state index contributed by atoms with van der Waals surface area (Å²) in [5.41, 5.74) is 0. The summed E-state index contributed by atoms with van der Waals surface area (Å²) in [5, 5.41) is 0.270. The summed E-state index contributed by atoms with van der Waals surface area (Å²) in [5.74, 6) is 1.64. The van der Waals surface area contributed by atoms with Crippen LogP contribution in [0.5, 0.6) is 0 Å². The molecule has 3 fully saturated rings. The van der Waals surface area contributed by atoms with Crippen LogP contribution < -0.4 is 0 Å². The van der Waals surface area contributed by atoms with Crippen molar-refractivity contribution in [2.45, 2.75) is 161 Å². The van der Waals surface area contributed by atoms with Gasteiger partial charge in [-0.1, -0.05) is 67.5 Å². The van der Waals surface area contributed by atoms with E-state index >= 15 is 0 Å². The molecular weight excluding hydrogens is 569 g/mol. The van der Waals surface area contributed by atoms with Gasteiger partial charge in [-0.25, -0.2) is 0 Å². The van der Waals surface area contributed by atoms with Gasteiger partial charge in [0, 0.05) is 24.4 Å². The van der Waals surface area contributed by atoms with Gasteiger partial charge < -0.3 is 13.6 Å². The highest BCUT2D eigenvalue weighted by molar-refractivity contribution is 6.74. The van der Waals surface area contributed by atoms with Crippen molar-refractivity contribution in [3.63, 3.8) is 0 Å². The first-order valence-electron chi connectivity index (χ1n) is 17.5. The van der Waals surface area contributed by atoms with Crippen LogP contribution in [0.2, 0.25) is 36.3 Å². The Hall–Kier alpha value is -0.766. The summed E-state index contributed by atoms with van der Waals surface area (Å²) in [6, 6.07) is 0. The molecule has 4 aliphatic rings. The first-order valence-corrected chi connectivity index (χ1v) is 23.3. The molecule has 2 saturated carbocycles. The number of esters is 1. The maximum absolute atomic E-state index is 14.6. The second-order valence-electron chi connectivity index (χ2n) is 17.7. The molecule has 10 atom stereocenters. The highest BCUT2D eigenvalue weighted by atomic mass is 28.4. The fourth-order valence-electron chi connectivity index (χ4n) is 8.10. The molecule has 0 bridgehead atoms. The minimum atomic E-state index is -2.07. The van der Waals surface area contributed by atoms with Gasteiger partial charge in [0.2, 0.25) is 0 Å². The van der Waals surface area contributed by atoms with Gasteiger partial charge in [0.15, 0.2) is 16.6 Å². The minimum absolute atomic E-state index is 0.00969. The van der Waals surface area contributed by atoms with Crippen LogP contribution in [0.3, 0.4) is 0 Å². The SMILES string of the molecule is CC[C@H]1CCC[C@H](O[Si](C)(C)C(C)(C)C)[C@@H](C)C(=O)[C@@H]2C[C@@H]3[C@@H](C=C[C@@H]4C[C@@H](O[Si](C)(C)C(C)(C)C)C[C@@H]34)[C@@H]2CC(=O)O1. The van der Waals surface area contributed by atoms with Crippen molar-refractivity contribution in [1.29, 1.82) is 0 Å². The van der Waals surface area contributed by atoms with Crippen molar-refractivity contribution in [2.24, 2.45) is 41.4 Å². The predicted octanol–water partition coefficient (Wildman–Crippen LogP) is 9.33. The molecule has 1 heterocycles. The summed E-state index contributed by atoms with van der Waals surface area (Å²) < 4.78 is 20.1. The number of fused-ring (bicyclic) bond motifs is 5. The van der Waals surface area contributed by atoms with Crippen molar-refractivity contribution in [3.05, 3.63) is 12.2 Å². The van der Waals surface area contributed by atoms with Crippen LogP contribution in [0.1, 0.15) is 107 Å². The molecule has 0 radical (unpaired) electrons. The molecule has 0 aromatic rings. The van der Waals surface area contributed by atoms with Gasteiger partial charge in [-0.3, -0.25) is 9.59 Å². The Kier molecular flexibility index (Phi) is 10.4. The zero-order valence-electron chi connectivity index (χ0n) is 29.6. The number of carbonyl (C=O) groups is 2. The van der Waals surface area contributed by atoms with Gasteiger partial charge >= 0.3 is 5.97 Å². The quantitative estimate of drug-likeness (QED) is 0.172. The monoisotopic (exact) mass is 632 g/mol. The van der Waals surface area contributed by atoms with Gasteiger partial charge in [0.1, 0.15) is 11.9 Å². The summed E-state index contributed by atoms with van der Waals surface area (Å²) in [6.45, 7) is 27.3. The number of ether oxygens (including phenoxy) is 1. The Morgan fingerprint density at radius 3 is 2.07 bits per heavy atom. The molecule has 246 valence electrons. The zero-order chi connectivity index (χ0) is 32.1. The second kappa shape index (κ2) is 12.8.